The lowest BCUT2D eigenvalue weighted by Gasteiger charge is -2.05. The van der Waals surface area contributed by atoms with Gasteiger partial charge in [-0.2, -0.15) is 0 Å². The molecular formula is C24H39NO2. The van der Waals surface area contributed by atoms with Crippen LogP contribution in [0.4, 0.5) is 5.69 Å². The number of phenolic OH excluding ortho intramolecular Hbond substituents is 1. The zero-order chi connectivity index (χ0) is 19.6. The van der Waals surface area contributed by atoms with E-state index in [0.29, 0.717) is 6.42 Å². The number of nitrogens with one attached hydrogen (secondary N) is 1. The van der Waals surface area contributed by atoms with Crippen molar-refractivity contribution in [2.45, 2.75) is 96.8 Å². The summed E-state index contributed by atoms with van der Waals surface area (Å²) in [5, 5.41) is 12.1. The minimum atomic E-state index is 0.0540. The van der Waals surface area contributed by atoms with E-state index >= 15 is 0 Å². The van der Waals surface area contributed by atoms with Crippen molar-refractivity contribution in [3.63, 3.8) is 0 Å². The molecule has 0 fully saturated rings. The maximum atomic E-state index is 11.8. The molecule has 0 aliphatic carbocycles. The predicted octanol–water partition coefficient (Wildman–Crippen LogP) is 7.37. The quantitative estimate of drug-likeness (QED) is 0.180. The topological polar surface area (TPSA) is 49.3 Å². The van der Waals surface area contributed by atoms with Gasteiger partial charge in [0, 0.05) is 12.1 Å². The zero-order valence-corrected chi connectivity index (χ0v) is 17.2. The van der Waals surface area contributed by atoms with Crippen molar-refractivity contribution in [2.24, 2.45) is 0 Å². The molecule has 1 aromatic rings. The summed E-state index contributed by atoms with van der Waals surface area (Å²) in [6.45, 7) is 2.26. The molecule has 0 bridgehead atoms. The van der Waals surface area contributed by atoms with E-state index < -0.39 is 0 Å². The summed E-state index contributed by atoms with van der Waals surface area (Å²) >= 11 is 0. The van der Waals surface area contributed by atoms with E-state index in [1.54, 1.807) is 24.3 Å². The van der Waals surface area contributed by atoms with Crippen molar-refractivity contribution in [3.05, 3.63) is 36.4 Å². The molecule has 2 N–H and O–H groups in total. The first kappa shape index (κ1) is 23.3. The Labute approximate surface area is 166 Å². The van der Waals surface area contributed by atoms with E-state index in [9.17, 15) is 9.90 Å². The SMILES string of the molecule is CCCCCCCCC=CCCCCCCCC(=O)Nc1ccc(O)cc1. The molecule has 27 heavy (non-hydrogen) atoms. The molecule has 1 rings (SSSR count). The summed E-state index contributed by atoms with van der Waals surface area (Å²) in [5.41, 5.74) is 0.741. The second-order valence-electron chi connectivity index (χ2n) is 7.43. The van der Waals surface area contributed by atoms with Gasteiger partial charge in [0.05, 0.1) is 0 Å². The molecule has 0 saturated heterocycles. The van der Waals surface area contributed by atoms with Gasteiger partial charge in [-0.15, -0.1) is 0 Å². The molecule has 0 aliphatic rings. The number of carbonyl (C=O) groups is 1. The van der Waals surface area contributed by atoms with E-state index in [-0.39, 0.29) is 11.7 Å². The van der Waals surface area contributed by atoms with Gasteiger partial charge in [-0.1, -0.05) is 70.4 Å². The first-order chi connectivity index (χ1) is 13.2. The fourth-order valence-corrected chi connectivity index (χ4v) is 3.12. The number of hydrogen-bond acceptors (Lipinski definition) is 2. The number of rotatable bonds is 16. The third-order valence-electron chi connectivity index (χ3n) is 4.82. The van der Waals surface area contributed by atoms with Gasteiger partial charge in [0.2, 0.25) is 5.91 Å². The van der Waals surface area contributed by atoms with Crippen molar-refractivity contribution in [3.8, 4) is 5.75 Å². The van der Waals surface area contributed by atoms with E-state index in [1.165, 1.54) is 70.6 Å². The highest BCUT2D eigenvalue weighted by molar-refractivity contribution is 5.90. The highest BCUT2D eigenvalue weighted by Crippen LogP contribution is 2.15. The Bertz CT molecular complexity index is 508. The largest absolute Gasteiger partial charge is 0.508 e. The first-order valence-electron chi connectivity index (χ1n) is 11.0. The predicted molar refractivity (Wildman–Crippen MR) is 116 cm³/mol. The molecule has 1 aromatic carbocycles. The minimum Gasteiger partial charge on any atom is -0.508 e. The third kappa shape index (κ3) is 14.0. The molecule has 0 radical (unpaired) electrons. The maximum absolute atomic E-state index is 11.8. The monoisotopic (exact) mass is 373 g/mol. The van der Waals surface area contributed by atoms with Crippen LogP contribution < -0.4 is 5.32 Å². The van der Waals surface area contributed by atoms with Crippen LogP contribution >= 0.6 is 0 Å². The number of phenols is 1. The van der Waals surface area contributed by atoms with Crippen LogP contribution in [0, 0.1) is 0 Å². The lowest BCUT2D eigenvalue weighted by atomic mass is 10.1. The van der Waals surface area contributed by atoms with E-state index in [0.717, 1.165) is 18.5 Å². The van der Waals surface area contributed by atoms with Crippen molar-refractivity contribution in [1.29, 1.82) is 0 Å². The van der Waals surface area contributed by atoms with Gasteiger partial charge < -0.3 is 10.4 Å². The highest BCUT2D eigenvalue weighted by Gasteiger charge is 2.02. The molecule has 0 heterocycles. The first-order valence-corrected chi connectivity index (χ1v) is 11.0. The van der Waals surface area contributed by atoms with E-state index in [2.05, 4.69) is 24.4 Å². The standard InChI is InChI=1S/C24H39NO2/c1-2-3-4-5-6-7-8-9-10-11-12-13-14-15-16-17-24(27)25-22-18-20-23(26)21-19-22/h9-10,18-21,26H,2-8,11-17H2,1H3,(H,25,27). The molecule has 0 atom stereocenters. The second-order valence-corrected chi connectivity index (χ2v) is 7.43. The Kier molecular flexibility index (Phi) is 14.1. The van der Waals surface area contributed by atoms with Crippen LogP contribution in [0.3, 0.4) is 0 Å². The smallest absolute Gasteiger partial charge is 0.224 e. The van der Waals surface area contributed by atoms with Crippen molar-refractivity contribution in [2.75, 3.05) is 5.32 Å². The van der Waals surface area contributed by atoms with Crippen molar-refractivity contribution >= 4 is 11.6 Å². The minimum absolute atomic E-state index is 0.0540. The summed E-state index contributed by atoms with van der Waals surface area (Å²) in [4.78, 5) is 11.8. The van der Waals surface area contributed by atoms with Gasteiger partial charge in [0.25, 0.3) is 0 Å². The zero-order valence-electron chi connectivity index (χ0n) is 17.2. The maximum Gasteiger partial charge on any atom is 0.224 e. The lowest BCUT2D eigenvalue weighted by molar-refractivity contribution is -0.116. The summed E-state index contributed by atoms with van der Waals surface area (Å²) in [5.74, 6) is 0.267. The van der Waals surface area contributed by atoms with Crippen LogP contribution in [-0.4, -0.2) is 11.0 Å². The highest BCUT2D eigenvalue weighted by atomic mass is 16.3. The molecule has 1 amide bonds. The second kappa shape index (κ2) is 16.4. The van der Waals surface area contributed by atoms with Crippen LogP contribution in [0.25, 0.3) is 0 Å². The van der Waals surface area contributed by atoms with Gasteiger partial charge in [-0.05, 0) is 56.4 Å². The Morgan fingerprint density at radius 1 is 0.815 bits per heavy atom. The third-order valence-corrected chi connectivity index (χ3v) is 4.82. The molecule has 0 saturated carbocycles. The summed E-state index contributed by atoms with van der Waals surface area (Å²) in [6.07, 6.45) is 21.7. The Balaban J connectivity index is 1.86. The molecule has 3 heteroatoms. The molecular weight excluding hydrogens is 334 g/mol. The van der Waals surface area contributed by atoms with Gasteiger partial charge in [0.15, 0.2) is 0 Å². The van der Waals surface area contributed by atoms with E-state index in [4.69, 9.17) is 0 Å². The number of allylic oxidation sites excluding steroid dienone is 2. The fraction of sp³-hybridized carbons (Fsp3) is 0.625. The number of aromatic hydroxyl groups is 1. The normalized spacial score (nSPS) is 11.1. The van der Waals surface area contributed by atoms with Gasteiger partial charge in [0.1, 0.15) is 5.75 Å². The molecule has 0 aliphatic heterocycles. The van der Waals surface area contributed by atoms with Gasteiger partial charge in [-0.25, -0.2) is 0 Å². The summed E-state index contributed by atoms with van der Waals surface area (Å²) < 4.78 is 0. The summed E-state index contributed by atoms with van der Waals surface area (Å²) in [6, 6.07) is 6.59. The molecule has 152 valence electrons. The number of benzene rings is 1. The molecule has 3 nitrogen and oxygen atoms in total. The molecule has 0 spiro atoms. The van der Waals surface area contributed by atoms with Crippen LogP contribution in [-0.2, 0) is 4.79 Å². The number of hydrogen-bond donors (Lipinski definition) is 2. The van der Waals surface area contributed by atoms with Gasteiger partial charge >= 0.3 is 0 Å². The van der Waals surface area contributed by atoms with Crippen LogP contribution in [0.2, 0.25) is 0 Å². The van der Waals surface area contributed by atoms with Crippen LogP contribution in [0.15, 0.2) is 36.4 Å². The van der Waals surface area contributed by atoms with Crippen LogP contribution in [0.5, 0.6) is 5.75 Å². The number of carbonyl (C=O) groups excluding carboxylic acids is 1. The Hall–Kier alpha value is -1.77. The fourth-order valence-electron chi connectivity index (χ4n) is 3.12. The Morgan fingerprint density at radius 3 is 1.93 bits per heavy atom. The molecule has 0 aromatic heterocycles. The van der Waals surface area contributed by atoms with Crippen molar-refractivity contribution < 1.29 is 9.90 Å². The average Bonchev–Trinajstić information content (AvgIpc) is 2.66. The van der Waals surface area contributed by atoms with E-state index in [1.807, 2.05) is 0 Å². The molecule has 0 unspecified atom stereocenters. The van der Waals surface area contributed by atoms with Gasteiger partial charge in [-0.3, -0.25) is 4.79 Å². The van der Waals surface area contributed by atoms with Crippen molar-refractivity contribution in [1.82, 2.24) is 0 Å². The number of amides is 1. The number of unbranched alkanes of at least 4 members (excludes halogenated alkanes) is 11. The van der Waals surface area contributed by atoms with Crippen LogP contribution in [0.1, 0.15) is 96.8 Å². The summed E-state index contributed by atoms with van der Waals surface area (Å²) in [7, 11) is 0. The lowest BCUT2D eigenvalue weighted by Crippen LogP contribution is -2.10. The average molecular weight is 374 g/mol. The Morgan fingerprint density at radius 2 is 1.33 bits per heavy atom. The number of anilines is 1.